The molecule has 4 heteroatoms. The van der Waals surface area contributed by atoms with E-state index in [4.69, 9.17) is 0 Å². The van der Waals surface area contributed by atoms with Gasteiger partial charge in [-0.15, -0.1) is 0 Å². The van der Waals surface area contributed by atoms with Gasteiger partial charge in [-0.05, 0) is 84.6 Å². The van der Waals surface area contributed by atoms with Crippen LogP contribution in [0.1, 0.15) is 56.2 Å². The Morgan fingerprint density at radius 2 is 0.540 bits per heavy atom. The van der Waals surface area contributed by atoms with Crippen molar-refractivity contribution in [3.8, 4) is 0 Å². The highest BCUT2D eigenvalue weighted by molar-refractivity contribution is 5.84. The molecule has 0 unspecified atom stereocenters. The van der Waals surface area contributed by atoms with E-state index in [0.717, 1.165) is 88.7 Å². The zero-order valence-electron chi connectivity index (χ0n) is 28.0. The van der Waals surface area contributed by atoms with Gasteiger partial charge in [0.15, 0.2) is 0 Å². The number of aryl methyl sites for hydroxylation is 2. The first-order chi connectivity index (χ1) is 24.6. The Morgan fingerprint density at radius 3 is 0.840 bits per heavy atom. The third kappa shape index (κ3) is 5.28. The van der Waals surface area contributed by atoms with Crippen LogP contribution in [0.3, 0.4) is 0 Å². The molecule has 4 nitrogen and oxygen atoms in total. The van der Waals surface area contributed by atoms with Crippen molar-refractivity contribution < 1.29 is 0 Å². The van der Waals surface area contributed by atoms with Crippen LogP contribution < -0.4 is 21.4 Å². The topological polar surface area (TPSA) is 63.2 Å². The van der Waals surface area contributed by atoms with Gasteiger partial charge in [-0.2, -0.15) is 0 Å². The molecule has 4 N–H and O–H groups in total. The minimum atomic E-state index is 1.04. The van der Waals surface area contributed by atoms with Crippen molar-refractivity contribution in [1.29, 1.82) is 0 Å². The molecule has 0 aliphatic carbocycles. The molecule has 1 aliphatic heterocycles. The number of nitrogens with one attached hydrogen (secondary N) is 4. The van der Waals surface area contributed by atoms with E-state index in [0.29, 0.717) is 0 Å². The fraction of sp³-hybridized carbons (Fsp3) is 0.0435. The lowest BCUT2D eigenvalue weighted by atomic mass is 10.0. The average molecular weight is 645 g/mol. The summed E-state index contributed by atoms with van der Waals surface area (Å²) < 4.78 is 0. The number of hydrogen-bond donors (Lipinski definition) is 4. The molecule has 0 fully saturated rings. The SMILES string of the molecule is Cc1ccc(C2=c3ccc([nH]3)=C(c3ccccc3)c3ccc([nH]3)C(c3ccc(C)cc3)=c3ccc([nH]3)=C(c3ccccc3)c3ccc2[nH]3)cc1. The highest BCUT2D eigenvalue weighted by atomic mass is 14.8. The van der Waals surface area contributed by atoms with Crippen LogP contribution in [-0.4, -0.2) is 19.9 Å². The van der Waals surface area contributed by atoms with Gasteiger partial charge in [0.25, 0.3) is 0 Å². The summed E-state index contributed by atoms with van der Waals surface area (Å²) in [6, 6.07) is 56.5. The molecule has 9 rings (SSSR count). The number of rotatable bonds is 4. The Morgan fingerprint density at radius 1 is 0.260 bits per heavy atom. The molecule has 0 saturated heterocycles. The van der Waals surface area contributed by atoms with E-state index in [1.54, 1.807) is 0 Å². The van der Waals surface area contributed by atoms with Gasteiger partial charge in [0.05, 0.1) is 0 Å². The minimum Gasteiger partial charge on any atom is -0.354 e. The maximum absolute atomic E-state index is 3.86. The van der Waals surface area contributed by atoms with Crippen molar-refractivity contribution in [3.05, 3.63) is 235 Å². The lowest BCUT2D eigenvalue weighted by Gasteiger charge is -2.10. The van der Waals surface area contributed by atoms with Crippen molar-refractivity contribution in [2.45, 2.75) is 13.8 Å². The highest BCUT2D eigenvalue weighted by Crippen LogP contribution is 2.28. The van der Waals surface area contributed by atoms with E-state index >= 15 is 0 Å². The lowest BCUT2D eigenvalue weighted by molar-refractivity contribution is 1.19. The van der Waals surface area contributed by atoms with Crippen LogP contribution in [0.2, 0.25) is 0 Å². The van der Waals surface area contributed by atoms with E-state index in [2.05, 4.69) is 192 Å². The van der Waals surface area contributed by atoms with E-state index in [1.807, 2.05) is 0 Å². The van der Waals surface area contributed by atoms with Crippen molar-refractivity contribution in [2.24, 2.45) is 0 Å². The molecule has 5 heterocycles. The summed E-state index contributed by atoms with van der Waals surface area (Å²) in [5, 5.41) is 4.16. The normalized spacial score (nSPS) is 12.8. The number of aromatic amines is 4. The Balaban J connectivity index is 1.43. The molecule has 4 aromatic heterocycles. The zero-order valence-corrected chi connectivity index (χ0v) is 28.0. The first-order valence-electron chi connectivity index (χ1n) is 17.1. The number of benzene rings is 4. The Kier molecular flexibility index (Phi) is 7.21. The summed E-state index contributed by atoms with van der Waals surface area (Å²) >= 11 is 0. The third-order valence-electron chi connectivity index (χ3n) is 9.70. The van der Waals surface area contributed by atoms with Crippen molar-refractivity contribution in [2.75, 3.05) is 0 Å². The van der Waals surface area contributed by atoms with Gasteiger partial charge >= 0.3 is 0 Å². The molecular weight excluding hydrogens is 609 g/mol. The smallest absolute Gasteiger partial charge is 0.0485 e. The largest absolute Gasteiger partial charge is 0.354 e. The van der Waals surface area contributed by atoms with Crippen LogP contribution in [-0.2, 0) is 0 Å². The fourth-order valence-electron chi connectivity index (χ4n) is 7.22. The quantitative estimate of drug-likeness (QED) is 0.161. The second kappa shape index (κ2) is 12.2. The zero-order chi connectivity index (χ0) is 33.6. The molecule has 240 valence electrons. The predicted molar refractivity (Wildman–Crippen MR) is 203 cm³/mol. The lowest BCUT2D eigenvalue weighted by Crippen LogP contribution is -2.19. The molecule has 0 saturated carbocycles. The minimum absolute atomic E-state index is 1.04. The first-order valence-corrected chi connectivity index (χ1v) is 17.1. The summed E-state index contributed by atoms with van der Waals surface area (Å²) in [4.78, 5) is 15.5. The predicted octanol–water partition coefficient (Wildman–Crippen LogP) is 6.92. The van der Waals surface area contributed by atoms with E-state index < -0.39 is 0 Å². The van der Waals surface area contributed by atoms with Gasteiger partial charge in [-0.25, -0.2) is 0 Å². The molecule has 8 aromatic rings. The first kappa shape index (κ1) is 29.6. The summed E-state index contributed by atoms with van der Waals surface area (Å²) in [6.45, 7) is 4.26. The second-order valence-corrected chi connectivity index (χ2v) is 13.1. The fourth-order valence-corrected chi connectivity index (χ4v) is 7.22. The van der Waals surface area contributed by atoms with E-state index in [9.17, 15) is 0 Å². The molecule has 0 radical (unpaired) electrons. The van der Waals surface area contributed by atoms with Crippen LogP contribution in [0, 0.1) is 13.8 Å². The molecule has 4 aromatic carbocycles. The Labute approximate surface area is 290 Å². The van der Waals surface area contributed by atoms with Crippen LogP contribution in [0.15, 0.2) is 158 Å². The monoisotopic (exact) mass is 644 g/mol. The summed E-state index contributed by atoms with van der Waals surface area (Å²) in [6.07, 6.45) is 0. The van der Waals surface area contributed by atoms with Gasteiger partial charge in [-0.1, -0.05) is 120 Å². The van der Waals surface area contributed by atoms with E-state index in [-0.39, 0.29) is 0 Å². The van der Waals surface area contributed by atoms with Gasteiger partial charge in [-0.3, -0.25) is 0 Å². The summed E-state index contributed by atoms with van der Waals surface area (Å²) in [5.74, 6) is 0. The number of hydrogen-bond acceptors (Lipinski definition) is 0. The number of aromatic nitrogens is 4. The van der Waals surface area contributed by atoms with Crippen LogP contribution in [0.25, 0.3) is 22.3 Å². The molecule has 0 amide bonds. The second-order valence-electron chi connectivity index (χ2n) is 13.1. The standard InChI is InChI=1S/C46H36N4/c1-29-13-17-33(18-14-29)45-39-25-21-35(47-39)43(31-9-5-3-6-10-31)37-23-27-41(49-37)46(34-19-15-30(2)16-20-34)42-28-24-38(50-42)44(32-11-7-4-8-12-32)36-22-26-40(45)48-36/h3-28,47-50H,1-2H3. The van der Waals surface area contributed by atoms with Crippen molar-refractivity contribution in [1.82, 2.24) is 19.9 Å². The molecule has 8 bridgehead atoms. The molecule has 1 aliphatic rings. The molecule has 50 heavy (non-hydrogen) atoms. The maximum atomic E-state index is 3.86. The number of H-pyrrole nitrogens is 4. The average Bonchev–Trinajstić information content (AvgIpc) is 3.98. The van der Waals surface area contributed by atoms with Crippen LogP contribution in [0.4, 0.5) is 0 Å². The Hall–Kier alpha value is -6.52. The van der Waals surface area contributed by atoms with Crippen LogP contribution in [0.5, 0.6) is 0 Å². The molecule has 0 atom stereocenters. The molecule has 0 spiro atoms. The van der Waals surface area contributed by atoms with Crippen LogP contribution >= 0.6 is 0 Å². The maximum Gasteiger partial charge on any atom is 0.0485 e. The van der Waals surface area contributed by atoms with E-state index in [1.165, 1.54) is 11.1 Å². The number of fused-ring (bicyclic) bond motifs is 8. The third-order valence-corrected chi connectivity index (χ3v) is 9.70. The van der Waals surface area contributed by atoms with Gasteiger partial charge in [0, 0.05) is 66.5 Å². The highest BCUT2D eigenvalue weighted by Gasteiger charge is 2.18. The van der Waals surface area contributed by atoms with Gasteiger partial charge in [0.1, 0.15) is 0 Å². The van der Waals surface area contributed by atoms with Gasteiger partial charge in [0.2, 0.25) is 0 Å². The Bertz CT molecular complexity index is 2540. The summed E-state index contributed by atoms with van der Waals surface area (Å²) in [7, 11) is 0. The summed E-state index contributed by atoms with van der Waals surface area (Å²) in [5.41, 5.74) is 15.6. The molecular formula is C46H36N4. The van der Waals surface area contributed by atoms with Gasteiger partial charge < -0.3 is 19.9 Å². The van der Waals surface area contributed by atoms with Crippen molar-refractivity contribution in [3.63, 3.8) is 0 Å². The van der Waals surface area contributed by atoms with Crippen molar-refractivity contribution >= 4 is 22.3 Å².